The third-order valence-corrected chi connectivity index (χ3v) is 6.27. The van der Waals surface area contributed by atoms with Gasteiger partial charge >= 0.3 is 0 Å². The number of hydrogen-bond acceptors (Lipinski definition) is 5. The van der Waals surface area contributed by atoms with Crippen LogP contribution in [0.15, 0.2) is 53.4 Å². The Morgan fingerprint density at radius 1 is 1.24 bits per heavy atom. The third kappa shape index (κ3) is 4.10. The van der Waals surface area contributed by atoms with Crippen molar-refractivity contribution >= 4 is 60.8 Å². The Morgan fingerprint density at radius 2 is 1.88 bits per heavy atom. The number of rotatable bonds is 6. The molecule has 0 radical (unpaired) electrons. The normalized spacial score (nSPS) is 12.4. The Labute approximate surface area is 162 Å². The van der Waals surface area contributed by atoms with Crippen LogP contribution >= 0.6 is 34.2 Å². The van der Waals surface area contributed by atoms with Crippen molar-refractivity contribution in [2.24, 2.45) is 0 Å². The van der Waals surface area contributed by atoms with Crippen LogP contribution in [0.2, 0.25) is 0 Å². The van der Waals surface area contributed by atoms with E-state index >= 15 is 0 Å². The molecule has 0 aliphatic carbocycles. The molecule has 1 atom stereocenters. The second-order valence-corrected chi connectivity index (χ2v) is 8.39. The van der Waals surface area contributed by atoms with E-state index in [4.69, 9.17) is 11.6 Å². The first-order valence-electron chi connectivity index (χ1n) is 6.89. The number of hydrogen-bond donors (Lipinski definition) is 0. The zero-order chi connectivity index (χ0) is 18.8. The van der Waals surface area contributed by atoms with Gasteiger partial charge < -0.3 is 0 Å². The monoisotopic (exact) mass is 494 g/mol. The van der Waals surface area contributed by atoms with Gasteiger partial charge in [-0.25, -0.2) is 8.42 Å². The van der Waals surface area contributed by atoms with Crippen molar-refractivity contribution in [1.29, 1.82) is 0 Å². The van der Waals surface area contributed by atoms with Crippen LogP contribution in [-0.2, 0) is 14.8 Å². The number of halogens is 2. The minimum absolute atomic E-state index is 0.187. The van der Waals surface area contributed by atoms with E-state index in [2.05, 4.69) is 0 Å². The number of nitrogens with zero attached hydrogens (tertiary/aromatic N) is 2. The van der Waals surface area contributed by atoms with Crippen molar-refractivity contribution in [3.05, 3.63) is 62.2 Å². The molecule has 0 saturated carbocycles. The van der Waals surface area contributed by atoms with Crippen molar-refractivity contribution in [2.45, 2.75) is 17.9 Å². The number of carbonyl (C=O) groups excluding carboxylic acids is 1. The number of anilines is 1. The maximum Gasteiger partial charge on any atom is 0.289 e. The zero-order valence-electron chi connectivity index (χ0n) is 12.8. The van der Waals surface area contributed by atoms with Gasteiger partial charge in [0, 0.05) is 9.64 Å². The number of sulfonamides is 1. The second kappa shape index (κ2) is 7.67. The van der Waals surface area contributed by atoms with Gasteiger partial charge in [0.15, 0.2) is 4.90 Å². The van der Waals surface area contributed by atoms with Crippen LogP contribution in [0, 0.1) is 13.7 Å². The van der Waals surface area contributed by atoms with Crippen LogP contribution in [0.4, 0.5) is 11.4 Å². The number of benzene rings is 2. The fourth-order valence-corrected chi connectivity index (χ4v) is 4.66. The molecule has 132 valence electrons. The molecule has 0 aliphatic rings. The number of carbonyl (C=O) groups is 1. The molecular formula is C15H12ClIN2O5S. The molecule has 1 unspecified atom stereocenters. The second-order valence-electron chi connectivity index (χ2n) is 4.99. The van der Waals surface area contributed by atoms with E-state index in [1.54, 1.807) is 18.2 Å². The Balaban J connectivity index is 2.73. The van der Waals surface area contributed by atoms with Gasteiger partial charge in [0.2, 0.25) is 5.24 Å². The first kappa shape index (κ1) is 19.6. The van der Waals surface area contributed by atoms with E-state index in [1.165, 1.54) is 25.1 Å². The van der Waals surface area contributed by atoms with Gasteiger partial charge in [-0.3, -0.25) is 19.2 Å². The average molecular weight is 495 g/mol. The van der Waals surface area contributed by atoms with Crippen LogP contribution in [0.1, 0.15) is 6.92 Å². The lowest BCUT2D eigenvalue weighted by Crippen LogP contribution is -2.42. The van der Waals surface area contributed by atoms with Crippen molar-refractivity contribution < 1.29 is 18.1 Å². The molecule has 10 heteroatoms. The summed E-state index contributed by atoms with van der Waals surface area (Å²) in [6, 6.07) is 10.1. The van der Waals surface area contributed by atoms with Gasteiger partial charge in [-0.15, -0.1) is 0 Å². The molecule has 0 aliphatic heterocycles. The minimum Gasteiger partial charge on any atom is -0.279 e. The Morgan fingerprint density at radius 3 is 2.44 bits per heavy atom. The summed E-state index contributed by atoms with van der Waals surface area (Å²) in [5.74, 6) is 0. The molecule has 25 heavy (non-hydrogen) atoms. The predicted octanol–water partition coefficient (Wildman–Crippen LogP) is 3.55. The van der Waals surface area contributed by atoms with Crippen LogP contribution in [-0.4, -0.2) is 24.6 Å². The molecule has 0 heterocycles. The van der Waals surface area contributed by atoms with Crippen LogP contribution in [0.25, 0.3) is 0 Å². The van der Waals surface area contributed by atoms with Gasteiger partial charge in [-0.1, -0.05) is 18.2 Å². The largest absolute Gasteiger partial charge is 0.289 e. The SMILES string of the molecule is CC(C(=O)Cl)N(c1cccc(I)c1)S(=O)(=O)c1ccccc1[N+](=O)[O-]. The number of nitro groups is 1. The van der Waals surface area contributed by atoms with Gasteiger partial charge in [0.1, 0.15) is 6.04 Å². The molecule has 2 aromatic carbocycles. The molecule has 0 amide bonds. The van der Waals surface area contributed by atoms with E-state index in [9.17, 15) is 23.3 Å². The van der Waals surface area contributed by atoms with E-state index in [1.807, 2.05) is 22.6 Å². The first-order valence-corrected chi connectivity index (χ1v) is 9.78. The van der Waals surface area contributed by atoms with Crippen LogP contribution < -0.4 is 4.31 Å². The highest BCUT2D eigenvalue weighted by molar-refractivity contribution is 14.1. The Kier molecular flexibility index (Phi) is 6.01. The standard InChI is InChI=1S/C15H12ClIN2O5S/c1-10(15(16)20)18(12-6-4-5-11(17)9-12)25(23,24)14-8-3-2-7-13(14)19(21)22/h2-10H,1H3. The van der Waals surface area contributed by atoms with E-state index < -0.39 is 36.8 Å². The minimum atomic E-state index is -4.41. The van der Waals surface area contributed by atoms with Gasteiger partial charge in [-0.05, 0) is 65.4 Å². The maximum atomic E-state index is 13.1. The van der Waals surface area contributed by atoms with Crippen molar-refractivity contribution in [1.82, 2.24) is 0 Å². The highest BCUT2D eigenvalue weighted by atomic mass is 127. The molecule has 0 spiro atoms. The van der Waals surface area contributed by atoms with Crippen molar-refractivity contribution in [2.75, 3.05) is 4.31 Å². The fourth-order valence-electron chi connectivity index (χ4n) is 2.21. The molecule has 0 fully saturated rings. The summed E-state index contributed by atoms with van der Waals surface area (Å²) < 4.78 is 27.8. The number of nitro benzene ring substituents is 1. The summed E-state index contributed by atoms with van der Waals surface area (Å²) in [6.45, 7) is 1.32. The topological polar surface area (TPSA) is 97.6 Å². The molecule has 2 rings (SSSR count). The third-order valence-electron chi connectivity index (χ3n) is 3.34. The molecule has 7 nitrogen and oxygen atoms in total. The summed E-state index contributed by atoms with van der Waals surface area (Å²) >= 11 is 7.52. The average Bonchev–Trinajstić information content (AvgIpc) is 2.54. The highest BCUT2D eigenvalue weighted by Gasteiger charge is 2.36. The summed E-state index contributed by atoms with van der Waals surface area (Å²) in [5, 5.41) is 10.3. The summed E-state index contributed by atoms with van der Waals surface area (Å²) in [4.78, 5) is 21.6. The predicted molar refractivity (Wildman–Crippen MR) is 102 cm³/mol. The highest BCUT2D eigenvalue weighted by Crippen LogP contribution is 2.32. The smallest absolute Gasteiger partial charge is 0.279 e. The molecule has 0 saturated heterocycles. The van der Waals surface area contributed by atoms with Gasteiger partial charge in [0.25, 0.3) is 15.7 Å². The van der Waals surface area contributed by atoms with Gasteiger partial charge in [0.05, 0.1) is 10.6 Å². The Bertz CT molecular complexity index is 935. The fraction of sp³-hybridized carbons (Fsp3) is 0.133. The Hall–Kier alpha value is -1.72. The van der Waals surface area contributed by atoms with Crippen LogP contribution in [0.3, 0.4) is 0 Å². The van der Waals surface area contributed by atoms with Crippen molar-refractivity contribution in [3.63, 3.8) is 0 Å². The maximum absolute atomic E-state index is 13.1. The summed E-state index contributed by atoms with van der Waals surface area (Å²) in [5.41, 5.74) is -0.390. The molecule has 0 bridgehead atoms. The molecule has 0 N–H and O–H groups in total. The zero-order valence-corrected chi connectivity index (χ0v) is 16.5. The van der Waals surface area contributed by atoms with Crippen molar-refractivity contribution in [3.8, 4) is 0 Å². The summed E-state index contributed by atoms with van der Waals surface area (Å²) in [6.07, 6.45) is 0. The molecular weight excluding hydrogens is 483 g/mol. The van der Waals surface area contributed by atoms with E-state index in [-0.39, 0.29) is 5.69 Å². The molecule has 2 aromatic rings. The lowest BCUT2D eigenvalue weighted by atomic mass is 10.3. The quantitative estimate of drug-likeness (QED) is 0.265. The van der Waals surface area contributed by atoms with Gasteiger partial charge in [-0.2, -0.15) is 0 Å². The lowest BCUT2D eigenvalue weighted by molar-refractivity contribution is -0.387. The molecule has 0 aromatic heterocycles. The van der Waals surface area contributed by atoms with E-state index in [0.29, 0.717) is 0 Å². The summed E-state index contributed by atoms with van der Waals surface area (Å²) in [7, 11) is -4.41. The number of para-hydroxylation sites is 1. The van der Waals surface area contributed by atoms with E-state index in [0.717, 1.165) is 20.0 Å². The van der Waals surface area contributed by atoms with Crippen LogP contribution in [0.5, 0.6) is 0 Å². The first-order chi connectivity index (χ1) is 11.7. The lowest BCUT2D eigenvalue weighted by Gasteiger charge is -2.28.